The zero-order chi connectivity index (χ0) is 12.8. The Labute approximate surface area is 107 Å². The van der Waals surface area contributed by atoms with Gasteiger partial charge < -0.3 is 9.84 Å². The summed E-state index contributed by atoms with van der Waals surface area (Å²) in [5, 5.41) is 12.5. The van der Waals surface area contributed by atoms with Gasteiger partial charge in [-0.05, 0) is 23.9 Å². The van der Waals surface area contributed by atoms with Gasteiger partial charge in [-0.1, -0.05) is 16.3 Å². The molecule has 0 bridgehead atoms. The summed E-state index contributed by atoms with van der Waals surface area (Å²) in [7, 11) is 0. The molecule has 0 aliphatic carbocycles. The summed E-state index contributed by atoms with van der Waals surface area (Å²) in [5.74, 6) is 1.12. The third kappa shape index (κ3) is 3.30. The lowest BCUT2D eigenvalue weighted by molar-refractivity contribution is 0.360. The lowest BCUT2D eigenvalue weighted by atomic mass is 10.3. The third-order valence-electron chi connectivity index (χ3n) is 2.23. The van der Waals surface area contributed by atoms with Crippen molar-refractivity contribution in [2.75, 3.05) is 6.54 Å². The first kappa shape index (κ1) is 12.6. The van der Waals surface area contributed by atoms with Gasteiger partial charge in [0.25, 0.3) is 0 Å². The number of nitrogens with zero attached hydrogens (tertiary/aromatic N) is 5. The monoisotopic (exact) mass is 264 g/mol. The zero-order valence-electron chi connectivity index (χ0n) is 9.78. The molecule has 0 spiro atoms. The fourth-order valence-corrected chi connectivity index (χ4v) is 1.97. The normalized spacial score (nSPS) is 12.1. The van der Waals surface area contributed by atoms with Crippen molar-refractivity contribution in [3.8, 4) is 10.7 Å². The minimum atomic E-state index is 0.0676. The number of azide groups is 1. The second-order valence-corrected chi connectivity index (χ2v) is 4.63. The highest BCUT2D eigenvalue weighted by Gasteiger charge is 2.09. The first-order valence-corrected chi connectivity index (χ1v) is 6.28. The van der Waals surface area contributed by atoms with Crippen molar-refractivity contribution in [2.45, 2.75) is 19.5 Å². The van der Waals surface area contributed by atoms with Crippen LogP contribution in [0.1, 0.15) is 12.8 Å². The van der Waals surface area contributed by atoms with Crippen LogP contribution in [0.4, 0.5) is 0 Å². The first-order chi connectivity index (χ1) is 8.79. The van der Waals surface area contributed by atoms with Gasteiger partial charge in [-0.2, -0.15) is 4.98 Å². The van der Waals surface area contributed by atoms with Crippen molar-refractivity contribution >= 4 is 11.3 Å². The van der Waals surface area contributed by atoms with Gasteiger partial charge in [0, 0.05) is 17.5 Å². The van der Waals surface area contributed by atoms with E-state index in [0.29, 0.717) is 24.8 Å². The molecule has 8 heteroatoms. The molecule has 0 radical (unpaired) electrons. The van der Waals surface area contributed by atoms with Gasteiger partial charge in [-0.3, -0.25) is 0 Å². The summed E-state index contributed by atoms with van der Waals surface area (Å²) >= 11 is 1.56. The van der Waals surface area contributed by atoms with E-state index in [1.54, 1.807) is 11.3 Å². The summed E-state index contributed by atoms with van der Waals surface area (Å²) in [6.45, 7) is 2.77. The summed E-state index contributed by atoms with van der Waals surface area (Å²) in [6.07, 6.45) is 0. The largest absolute Gasteiger partial charge is 0.338 e. The molecule has 2 heterocycles. The second-order valence-electron chi connectivity index (χ2n) is 3.68. The minimum absolute atomic E-state index is 0.0676. The van der Waals surface area contributed by atoms with Crippen molar-refractivity contribution in [2.24, 2.45) is 5.11 Å². The standard InChI is InChI=1S/C10H12N6OS/c1-7(5-13-16-11)12-6-9-14-10(15-17-9)8-3-2-4-18-8/h2-4,7,12H,5-6H2,1H3/t7-/m0/s1. The molecule has 2 aromatic heterocycles. The maximum absolute atomic E-state index is 8.20. The summed E-state index contributed by atoms with van der Waals surface area (Å²) in [6, 6.07) is 3.95. The Kier molecular flexibility index (Phi) is 4.30. The van der Waals surface area contributed by atoms with Gasteiger partial charge in [-0.25, -0.2) is 0 Å². The van der Waals surface area contributed by atoms with E-state index < -0.39 is 0 Å². The molecule has 0 fully saturated rings. The third-order valence-corrected chi connectivity index (χ3v) is 3.10. The summed E-state index contributed by atoms with van der Waals surface area (Å²) < 4.78 is 5.12. The molecule has 0 aliphatic rings. The topological polar surface area (TPSA) is 99.7 Å². The molecule has 2 rings (SSSR count). The molecule has 0 aliphatic heterocycles. The van der Waals surface area contributed by atoms with Gasteiger partial charge in [0.15, 0.2) is 0 Å². The molecule has 0 saturated carbocycles. The Hall–Kier alpha value is -1.89. The Bertz CT molecular complexity index is 530. The number of hydrogen-bond donors (Lipinski definition) is 1. The maximum Gasteiger partial charge on any atom is 0.240 e. The molecule has 2 aromatic rings. The van der Waals surface area contributed by atoms with Crippen LogP contribution in [-0.2, 0) is 6.54 Å². The van der Waals surface area contributed by atoms with Crippen LogP contribution in [0.5, 0.6) is 0 Å². The summed E-state index contributed by atoms with van der Waals surface area (Å²) in [4.78, 5) is 7.95. The molecule has 0 saturated heterocycles. The smallest absolute Gasteiger partial charge is 0.240 e. The molecular weight excluding hydrogens is 252 g/mol. The SMILES string of the molecule is C[C@@H](CN=[N+]=[N-])NCc1nc(-c2cccs2)no1. The molecule has 0 unspecified atom stereocenters. The van der Waals surface area contributed by atoms with Crippen molar-refractivity contribution in [1.29, 1.82) is 0 Å². The molecule has 7 nitrogen and oxygen atoms in total. The van der Waals surface area contributed by atoms with Crippen LogP contribution in [0.3, 0.4) is 0 Å². The highest BCUT2D eigenvalue weighted by Crippen LogP contribution is 2.21. The van der Waals surface area contributed by atoms with Crippen LogP contribution in [0.15, 0.2) is 27.2 Å². The number of aromatic nitrogens is 2. The van der Waals surface area contributed by atoms with Crippen molar-refractivity contribution < 1.29 is 4.52 Å². The van der Waals surface area contributed by atoms with Gasteiger partial charge in [0.05, 0.1) is 11.4 Å². The van der Waals surface area contributed by atoms with Crippen LogP contribution >= 0.6 is 11.3 Å². The number of nitrogens with one attached hydrogen (secondary N) is 1. The van der Waals surface area contributed by atoms with E-state index in [0.717, 1.165) is 4.88 Å². The van der Waals surface area contributed by atoms with E-state index in [1.807, 2.05) is 24.4 Å². The Balaban J connectivity index is 1.89. The van der Waals surface area contributed by atoms with Gasteiger partial charge in [0.1, 0.15) is 0 Å². The van der Waals surface area contributed by atoms with E-state index in [9.17, 15) is 0 Å². The number of hydrogen-bond acceptors (Lipinski definition) is 6. The molecule has 0 amide bonds. The van der Waals surface area contributed by atoms with Crippen LogP contribution in [-0.4, -0.2) is 22.7 Å². The highest BCUT2D eigenvalue weighted by molar-refractivity contribution is 7.13. The van der Waals surface area contributed by atoms with Gasteiger partial charge in [0.2, 0.25) is 11.7 Å². The molecule has 1 atom stereocenters. The van der Waals surface area contributed by atoms with Gasteiger partial charge >= 0.3 is 0 Å². The molecular formula is C10H12N6OS. The van der Waals surface area contributed by atoms with E-state index in [4.69, 9.17) is 10.1 Å². The van der Waals surface area contributed by atoms with E-state index in [-0.39, 0.29) is 6.04 Å². The van der Waals surface area contributed by atoms with Crippen molar-refractivity contribution in [3.63, 3.8) is 0 Å². The molecule has 94 valence electrons. The zero-order valence-corrected chi connectivity index (χ0v) is 10.6. The average molecular weight is 264 g/mol. The van der Waals surface area contributed by atoms with Crippen LogP contribution in [0.25, 0.3) is 21.1 Å². The molecule has 0 aromatic carbocycles. The average Bonchev–Trinajstić information content (AvgIpc) is 3.03. The van der Waals surface area contributed by atoms with Crippen LogP contribution < -0.4 is 5.32 Å². The quantitative estimate of drug-likeness (QED) is 0.492. The van der Waals surface area contributed by atoms with E-state index in [2.05, 4.69) is 25.5 Å². The predicted octanol–water partition coefficient (Wildman–Crippen LogP) is 2.59. The fraction of sp³-hybridized carbons (Fsp3) is 0.400. The predicted molar refractivity (Wildman–Crippen MR) is 67.9 cm³/mol. The molecule has 18 heavy (non-hydrogen) atoms. The fourth-order valence-electron chi connectivity index (χ4n) is 1.32. The van der Waals surface area contributed by atoms with E-state index in [1.165, 1.54) is 0 Å². The van der Waals surface area contributed by atoms with E-state index >= 15 is 0 Å². The Morgan fingerprint density at radius 3 is 3.28 bits per heavy atom. The highest BCUT2D eigenvalue weighted by atomic mass is 32.1. The lowest BCUT2D eigenvalue weighted by Gasteiger charge is -2.07. The second kappa shape index (κ2) is 6.15. The van der Waals surface area contributed by atoms with Crippen LogP contribution in [0, 0.1) is 0 Å². The van der Waals surface area contributed by atoms with Crippen molar-refractivity contribution in [3.05, 3.63) is 33.8 Å². The Morgan fingerprint density at radius 1 is 1.67 bits per heavy atom. The minimum Gasteiger partial charge on any atom is -0.338 e. The van der Waals surface area contributed by atoms with Gasteiger partial charge in [-0.15, -0.1) is 11.3 Å². The van der Waals surface area contributed by atoms with Crippen molar-refractivity contribution in [1.82, 2.24) is 15.5 Å². The lowest BCUT2D eigenvalue weighted by Crippen LogP contribution is -2.28. The summed E-state index contributed by atoms with van der Waals surface area (Å²) in [5.41, 5.74) is 8.20. The first-order valence-electron chi connectivity index (χ1n) is 5.40. The molecule has 1 N–H and O–H groups in total. The number of thiophene rings is 1. The Morgan fingerprint density at radius 2 is 2.56 bits per heavy atom. The maximum atomic E-state index is 8.20. The number of rotatable bonds is 6. The van der Waals surface area contributed by atoms with Crippen LogP contribution in [0.2, 0.25) is 0 Å².